The molecule has 0 spiro atoms. The summed E-state index contributed by atoms with van der Waals surface area (Å²) in [4.78, 5) is 23.9. The lowest BCUT2D eigenvalue weighted by molar-refractivity contribution is -0.131. The van der Waals surface area contributed by atoms with Crippen LogP contribution < -0.4 is 5.32 Å². The first kappa shape index (κ1) is 19.0. The van der Waals surface area contributed by atoms with Gasteiger partial charge in [0.2, 0.25) is 5.91 Å². The topological polar surface area (TPSA) is 86.8 Å². The molecule has 0 unspecified atom stereocenters. The average molecular weight is 405 g/mol. The molecule has 2 N–H and O–H groups in total. The van der Waals surface area contributed by atoms with Gasteiger partial charge < -0.3 is 10.2 Å². The molecule has 3 aromatic rings. The van der Waals surface area contributed by atoms with Gasteiger partial charge in [0.15, 0.2) is 11.5 Å². The highest BCUT2D eigenvalue weighted by atomic mass is 16.2. The van der Waals surface area contributed by atoms with Gasteiger partial charge in [0, 0.05) is 37.3 Å². The van der Waals surface area contributed by atoms with E-state index in [1.807, 2.05) is 23.1 Å². The van der Waals surface area contributed by atoms with Gasteiger partial charge in [-0.1, -0.05) is 18.9 Å². The summed E-state index contributed by atoms with van der Waals surface area (Å²) < 4.78 is 0. The van der Waals surface area contributed by atoms with Crippen molar-refractivity contribution in [3.8, 4) is 0 Å². The van der Waals surface area contributed by atoms with Gasteiger partial charge in [-0.05, 0) is 49.4 Å². The van der Waals surface area contributed by atoms with E-state index in [2.05, 4.69) is 32.6 Å². The first-order chi connectivity index (χ1) is 14.8. The number of H-pyrrole nitrogens is 1. The lowest BCUT2D eigenvalue weighted by atomic mass is 10.0. The molecule has 7 nitrogen and oxygen atoms in total. The van der Waals surface area contributed by atoms with Crippen LogP contribution in [-0.4, -0.2) is 44.1 Å². The van der Waals surface area contributed by atoms with Crippen molar-refractivity contribution < 1.29 is 4.79 Å². The maximum atomic E-state index is 12.7. The molecule has 7 heteroatoms. The number of hydrogen-bond acceptors (Lipinski definition) is 5. The van der Waals surface area contributed by atoms with Gasteiger partial charge in [-0.2, -0.15) is 5.10 Å². The first-order valence-corrected chi connectivity index (χ1v) is 11.0. The molecule has 2 fully saturated rings. The van der Waals surface area contributed by atoms with Crippen molar-refractivity contribution in [2.24, 2.45) is 5.92 Å². The second-order valence-corrected chi connectivity index (χ2v) is 8.56. The largest absolute Gasteiger partial charge is 0.362 e. The van der Waals surface area contributed by atoms with Gasteiger partial charge in [-0.15, -0.1) is 0 Å². The van der Waals surface area contributed by atoms with Crippen molar-refractivity contribution in [1.29, 1.82) is 0 Å². The number of carbonyl (C=O) groups is 1. The average Bonchev–Trinajstić information content (AvgIpc) is 3.53. The molecule has 1 saturated heterocycles. The summed E-state index contributed by atoms with van der Waals surface area (Å²) in [7, 11) is 0. The predicted molar refractivity (Wildman–Crippen MR) is 116 cm³/mol. The minimum Gasteiger partial charge on any atom is -0.362 e. The third-order valence-corrected chi connectivity index (χ3v) is 6.51. The number of amides is 1. The van der Waals surface area contributed by atoms with Crippen molar-refractivity contribution in [2.45, 2.75) is 51.0 Å². The monoisotopic (exact) mass is 404 g/mol. The van der Waals surface area contributed by atoms with E-state index in [-0.39, 0.29) is 0 Å². The third-order valence-electron chi connectivity index (χ3n) is 6.51. The Hall–Kier alpha value is -2.96. The number of rotatable bonds is 6. The second-order valence-electron chi connectivity index (χ2n) is 8.56. The number of fused-ring (bicyclic) bond motifs is 1. The molecule has 0 aromatic carbocycles. The maximum Gasteiger partial charge on any atom is 0.222 e. The van der Waals surface area contributed by atoms with E-state index in [0.29, 0.717) is 24.3 Å². The lowest BCUT2D eigenvalue weighted by Gasteiger charge is -2.18. The Kier molecular flexibility index (Phi) is 5.34. The van der Waals surface area contributed by atoms with E-state index in [9.17, 15) is 4.79 Å². The third kappa shape index (κ3) is 4.01. The fourth-order valence-corrected chi connectivity index (χ4v) is 4.78. The number of pyridine rings is 2. The summed E-state index contributed by atoms with van der Waals surface area (Å²) in [5.41, 5.74) is 2.79. The van der Waals surface area contributed by atoms with Gasteiger partial charge in [-0.25, -0.2) is 4.98 Å². The van der Waals surface area contributed by atoms with Crippen LogP contribution >= 0.6 is 0 Å². The molecule has 1 saturated carbocycles. The minimum atomic E-state index is 0.301. The minimum absolute atomic E-state index is 0.301. The van der Waals surface area contributed by atoms with E-state index in [1.54, 1.807) is 6.20 Å². The molecule has 4 heterocycles. The van der Waals surface area contributed by atoms with Crippen molar-refractivity contribution >= 4 is 22.8 Å². The Morgan fingerprint density at radius 1 is 1.17 bits per heavy atom. The molecular weight excluding hydrogens is 376 g/mol. The number of likely N-dealkylation sites (tertiary alicyclic amines) is 1. The number of nitrogens with one attached hydrogen (secondary N) is 2. The zero-order valence-corrected chi connectivity index (χ0v) is 17.2. The second kappa shape index (κ2) is 8.42. The Morgan fingerprint density at radius 3 is 2.90 bits per heavy atom. The van der Waals surface area contributed by atoms with E-state index < -0.39 is 0 Å². The van der Waals surface area contributed by atoms with Crippen LogP contribution in [0.4, 0.5) is 5.82 Å². The number of hydrogen-bond donors (Lipinski definition) is 2. The van der Waals surface area contributed by atoms with Crippen LogP contribution in [0.1, 0.15) is 55.8 Å². The molecule has 1 aliphatic heterocycles. The number of aromatic nitrogens is 4. The standard InChI is InChI=1S/C23H28N6O/c30-21(13-16-5-1-2-6-16)29-12-10-17(15-29)20-9-8-19-22(27-28-23(19)26-20)25-14-18-7-3-4-11-24-18/h3-4,7-9,11,16-17H,1-2,5-6,10,12-15H2,(H2,25,26,27,28)/t17-/m1/s1. The zero-order chi connectivity index (χ0) is 20.3. The van der Waals surface area contributed by atoms with Gasteiger partial charge in [0.1, 0.15) is 0 Å². The molecule has 0 bridgehead atoms. The number of anilines is 1. The summed E-state index contributed by atoms with van der Waals surface area (Å²) in [5.74, 6) is 2.02. The summed E-state index contributed by atoms with van der Waals surface area (Å²) >= 11 is 0. The molecule has 2 aliphatic rings. The Morgan fingerprint density at radius 2 is 2.07 bits per heavy atom. The van der Waals surface area contributed by atoms with Crippen LogP contribution in [0.2, 0.25) is 0 Å². The van der Waals surface area contributed by atoms with Gasteiger partial charge in [-0.3, -0.25) is 14.9 Å². The van der Waals surface area contributed by atoms with Crippen LogP contribution in [0.25, 0.3) is 11.0 Å². The Labute approximate surface area is 176 Å². The maximum absolute atomic E-state index is 12.7. The molecule has 1 amide bonds. The highest BCUT2D eigenvalue weighted by Gasteiger charge is 2.30. The lowest BCUT2D eigenvalue weighted by Crippen LogP contribution is -2.29. The van der Waals surface area contributed by atoms with E-state index in [0.717, 1.165) is 54.2 Å². The zero-order valence-electron chi connectivity index (χ0n) is 17.2. The highest BCUT2D eigenvalue weighted by Crippen LogP contribution is 2.32. The predicted octanol–water partition coefficient (Wildman–Crippen LogP) is 3.86. The number of carbonyl (C=O) groups excluding carboxylic acids is 1. The molecular formula is C23H28N6O. The SMILES string of the molecule is O=C(CC1CCCC1)N1CC[C@@H](c2ccc3c(NCc4ccccn4)n[nH]c3n2)C1. The van der Waals surface area contributed by atoms with Gasteiger partial charge >= 0.3 is 0 Å². The number of aromatic amines is 1. The van der Waals surface area contributed by atoms with Crippen LogP contribution in [0.15, 0.2) is 36.5 Å². The van der Waals surface area contributed by atoms with Crippen molar-refractivity contribution in [3.05, 3.63) is 47.9 Å². The van der Waals surface area contributed by atoms with Crippen molar-refractivity contribution in [2.75, 3.05) is 18.4 Å². The summed E-state index contributed by atoms with van der Waals surface area (Å²) in [6.45, 7) is 2.24. The van der Waals surface area contributed by atoms with Crippen LogP contribution in [0, 0.1) is 5.92 Å². The molecule has 1 aliphatic carbocycles. The van der Waals surface area contributed by atoms with Crippen LogP contribution in [0.3, 0.4) is 0 Å². The van der Waals surface area contributed by atoms with Gasteiger partial charge in [0.05, 0.1) is 17.6 Å². The molecule has 5 rings (SSSR count). The normalized spacial score (nSPS) is 19.6. The van der Waals surface area contributed by atoms with E-state index in [1.165, 1.54) is 25.7 Å². The fourth-order valence-electron chi connectivity index (χ4n) is 4.78. The summed E-state index contributed by atoms with van der Waals surface area (Å²) in [6.07, 6.45) is 8.51. The molecule has 1 atom stereocenters. The molecule has 0 radical (unpaired) electrons. The highest BCUT2D eigenvalue weighted by molar-refractivity contribution is 5.87. The summed E-state index contributed by atoms with van der Waals surface area (Å²) in [6, 6.07) is 10.0. The molecule has 3 aromatic heterocycles. The van der Waals surface area contributed by atoms with Crippen molar-refractivity contribution in [1.82, 2.24) is 25.1 Å². The molecule has 156 valence electrons. The smallest absolute Gasteiger partial charge is 0.222 e. The van der Waals surface area contributed by atoms with E-state index in [4.69, 9.17) is 4.98 Å². The summed E-state index contributed by atoms with van der Waals surface area (Å²) in [5, 5.41) is 11.7. The quantitative estimate of drug-likeness (QED) is 0.651. The first-order valence-electron chi connectivity index (χ1n) is 11.0. The fraction of sp³-hybridized carbons (Fsp3) is 0.478. The van der Waals surface area contributed by atoms with E-state index >= 15 is 0 Å². The van der Waals surface area contributed by atoms with Crippen LogP contribution in [0.5, 0.6) is 0 Å². The number of nitrogens with zero attached hydrogens (tertiary/aromatic N) is 4. The Bertz CT molecular complexity index is 1010. The Balaban J connectivity index is 1.23. The van der Waals surface area contributed by atoms with Gasteiger partial charge in [0.25, 0.3) is 0 Å². The van der Waals surface area contributed by atoms with Crippen LogP contribution in [-0.2, 0) is 11.3 Å². The molecule has 30 heavy (non-hydrogen) atoms. The van der Waals surface area contributed by atoms with Crippen molar-refractivity contribution in [3.63, 3.8) is 0 Å².